The molecule has 7 nitrogen and oxygen atoms in total. The van der Waals surface area contributed by atoms with Crippen molar-refractivity contribution in [2.75, 3.05) is 7.11 Å². The lowest BCUT2D eigenvalue weighted by Gasteiger charge is -2.06. The van der Waals surface area contributed by atoms with E-state index in [4.69, 9.17) is 4.74 Å². The number of ether oxygens (including phenoxy) is 1. The SMILES string of the molecule is COc1ccc(Cn2nc(Br)nc2-c2nc3ncccn3c2I)cc1. The van der Waals surface area contributed by atoms with E-state index in [1.165, 1.54) is 0 Å². The van der Waals surface area contributed by atoms with Crippen LogP contribution in [0.4, 0.5) is 0 Å². The number of aromatic nitrogens is 6. The summed E-state index contributed by atoms with van der Waals surface area (Å²) in [7, 11) is 1.65. The van der Waals surface area contributed by atoms with Crippen LogP contribution < -0.4 is 4.74 Å². The van der Waals surface area contributed by atoms with E-state index >= 15 is 0 Å². The summed E-state index contributed by atoms with van der Waals surface area (Å²) >= 11 is 5.62. The van der Waals surface area contributed by atoms with Crippen LogP contribution in [-0.4, -0.2) is 36.2 Å². The number of hydrogen-bond acceptors (Lipinski definition) is 5. The third-order valence-electron chi connectivity index (χ3n) is 3.69. The van der Waals surface area contributed by atoms with Crippen molar-refractivity contribution >= 4 is 44.3 Å². The fourth-order valence-electron chi connectivity index (χ4n) is 2.51. The van der Waals surface area contributed by atoms with Crippen molar-refractivity contribution < 1.29 is 4.74 Å². The van der Waals surface area contributed by atoms with Gasteiger partial charge in [0.15, 0.2) is 5.82 Å². The van der Waals surface area contributed by atoms with E-state index < -0.39 is 0 Å². The highest BCUT2D eigenvalue weighted by atomic mass is 127. The highest BCUT2D eigenvalue weighted by Gasteiger charge is 2.19. The Bertz CT molecular complexity index is 1040. The molecule has 1 aromatic carbocycles. The number of hydrogen-bond donors (Lipinski definition) is 0. The maximum Gasteiger partial charge on any atom is 0.235 e. The highest BCUT2D eigenvalue weighted by Crippen LogP contribution is 2.25. The van der Waals surface area contributed by atoms with Crippen LogP contribution in [0.2, 0.25) is 0 Å². The Hall–Kier alpha value is -2.01. The number of nitrogens with zero attached hydrogens (tertiary/aromatic N) is 6. The Morgan fingerprint density at radius 1 is 1.20 bits per heavy atom. The van der Waals surface area contributed by atoms with Gasteiger partial charge in [-0.3, -0.25) is 4.40 Å². The smallest absolute Gasteiger partial charge is 0.235 e. The molecule has 4 rings (SSSR count). The van der Waals surface area contributed by atoms with Gasteiger partial charge in [-0.25, -0.2) is 14.6 Å². The highest BCUT2D eigenvalue weighted by molar-refractivity contribution is 14.1. The third kappa shape index (κ3) is 3.13. The second-order valence-corrected chi connectivity index (χ2v) is 6.98. The quantitative estimate of drug-likeness (QED) is 0.393. The largest absolute Gasteiger partial charge is 0.497 e. The number of imidazole rings is 1. The summed E-state index contributed by atoms with van der Waals surface area (Å²) in [4.78, 5) is 13.4. The first kappa shape index (κ1) is 16.5. The lowest BCUT2D eigenvalue weighted by molar-refractivity contribution is 0.414. The van der Waals surface area contributed by atoms with Gasteiger partial charge in [-0.05, 0) is 62.3 Å². The third-order valence-corrected chi connectivity index (χ3v) is 5.06. The molecule has 0 atom stereocenters. The van der Waals surface area contributed by atoms with Crippen molar-refractivity contribution in [2.45, 2.75) is 6.54 Å². The molecule has 3 aromatic heterocycles. The van der Waals surface area contributed by atoms with Crippen LogP contribution in [0.5, 0.6) is 5.75 Å². The molecular formula is C16H12BrIN6O. The number of rotatable bonds is 4. The minimum atomic E-state index is 0.525. The van der Waals surface area contributed by atoms with Gasteiger partial charge in [0.2, 0.25) is 10.5 Å². The lowest BCUT2D eigenvalue weighted by atomic mass is 10.2. The second-order valence-electron chi connectivity index (χ2n) is 5.25. The molecule has 9 heteroatoms. The van der Waals surface area contributed by atoms with Crippen LogP contribution in [0, 0.1) is 3.70 Å². The summed E-state index contributed by atoms with van der Waals surface area (Å²) in [6.45, 7) is 0.579. The summed E-state index contributed by atoms with van der Waals surface area (Å²) in [6.07, 6.45) is 3.65. The van der Waals surface area contributed by atoms with Gasteiger partial charge >= 0.3 is 0 Å². The topological polar surface area (TPSA) is 70.1 Å². The van der Waals surface area contributed by atoms with Gasteiger partial charge in [-0.15, -0.1) is 5.10 Å². The second kappa shape index (κ2) is 6.71. The Morgan fingerprint density at radius 2 is 2.00 bits per heavy atom. The molecule has 25 heavy (non-hydrogen) atoms. The van der Waals surface area contributed by atoms with E-state index in [9.17, 15) is 0 Å². The van der Waals surface area contributed by atoms with E-state index in [1.807, 2.05) is 45.6 Å². The van der Waals surface area contributed by atoms with Crippen molar-refractivity contribution in [1.29, 1.82) is 0 Å². The Morgan fingerprint density at radius 3 is 2.72 bits per heavy atom. The van der Waals surface area contributed by atoms with E-state index in [1.54, 1.807) is 13.3 Å². The fraction of sp³-hybridized carbons (Fsp3) is 0.125. The normalized spacial score (nSPS) is 11.2. The molecule has 3 heterocycles. The molecule has 0 fully saturated rings. The van der Waals surface area contributed by atoms with Crippen LogP contribution in [0.3, 0.4) is 0 Å². The van der Waals surface area contributed by atoms with Crippen LogP contribution in [0.1, 0.15) is 5.56 Å². The van der Waals surface area contributed by atoms with Gasteiger partial charge in [-0.2, -0.15) is 4.98 Å². The molecule has 0 unspecified atom stereocenters. The average molecular weight is 511 g/mol. The number of methoxy groups -OCH3 is 1. The van der Waals surface area contributed by atoms with Crippen molar-refractivity contribution in [3.63, 3.8) is 0 Å². The fourth-order valence-corrected chi connectivity index (χ4v) is 3.60. The monoisotopic (exact) mass is 510 g/mol. The zero-order valence-corrected chi connectivity index (χ0v) is 16.8. The predicted molar refractivity (Wildman–Crippen MR) is 105 cm³/mol. The Balaban J connectivity index is 1.76. The number of halogens is 2. The molecule has 0 saturated heterocycles. The van der Waals surface area contributed by atoms with Gasteiger partial charge in [0.25, 0.3) is 0 Å². The molecule has 0 N–H and O–H groups in total. The van der Waals surface area contributed by atoms with E-state index in [0.717, 1.165) is 20.7 Å². The summed E-state index contributed by atoms with van der Waals surface area (Å²) in [5.74, 6) is 2.15. The van der Waals surface area contributed by atoms with Crippen LogP contribution >= 0.6 is 38.5 Å². The summed E-state index contributed by atoms with van der Waals surface area (Å²) in [6, 6.07) is 9.75. The van der Waals surface area contributed by atoms with Gasteiger partial charge in [0, 0.05) is 12.4 Å². The minimum Gasteiger partial charge on any atom is -0.497 e. The summed E-state index contributed by atoms with van der Waals surface area (Å²) in [5, 5.41) is 4.45. The minimum absolute atomic E-state index is 0.525. The maximum atomic E-state index is 5.20. The zero-order chi connectivity index (χ0) is 17.4. The van der Waals surface area contributed by atoms with Gasteiger partial charge < -0.3 is 4.74 Å². The molecule has 0 amide bonds. The molecule has 0 saturated carbocycles. The van der Waals surface area contributed by atoms with Crippen molar-refractivity contribution in [3.8, 4) is 17.3 Å². The molecular weight excluding hydrogens is 499 g/mol. The van der Waals surface area contributed by atoms with Gasteiger partial charge in [0.05, 0.1) is 13.7 Å². The molecule has 0 aliphatic heterocycles. The predicted octanol–water partition coefficient (Wildman–Crippen LogP) is 3.41. The first-order valence-corrected chi connectivity index (χ1v) is 9.25. The van der Waals surface area contributed by atoms with E-state index in [0.29, 0.717) is 22.9 Å². The average Bonchev–Trinajstić information content (AvgIpc) is 3.16. The summed E-state index contributed by atoms with van der Waals surface area (Å²) in [5.41, 5.74) is 1.85. The first-order valence-electron chi connectivity index (χ1n) is 7.38. The van der Waals surface area contributed by atoms with E-state index in [2.05, 4.69) is 58.6 Å². The van der Waals surface area contributed by atoms with Gasteiger partial charge in [0.1, 0.15) is 15.1 Å². The molecule has 126 valence electrons. The van der Waals surface area contributed by atoms with Crippen molar-refractivity contribution in [3.05, 3.63) is 56.7 Å². The maximum absolute atomic E-state index is 5.20. The zero-order valence-electron chi connectivity index (χ0n) is 13.1. The summed E-state index contributed by atoms with van der Waals surface area (Å²) < 4.78 is 10.4. The molecule has 0 aliphatic carbocycles. The molecule has 0 bridgehead atoms. The van der Waals surface area contributed by atoms with E-state index in [-0.39, 0.29) is 0 Å². The molecule has 4 aromatic rings. The van der Waals surface area contributed by atoms with Crippen LogP contribution in [0.15, 0.2) is 47.5 Å². The van der Waals surface area contributed by atoms with Crippen LogP contribution in [0.25, 0.3) is 17.3 Å². The molecule has 0 radical (unpaired) electrons. The van der Waals surface area contributed by atoms with Crippen molar-refractivity contribution in [1.82, 2.24) is 29.1 Å². The Kier molecular flexibility index (Phi) is 4.42. The molecule has 0 aliphatic rings. The lowest BCUT2D eigenvalue weighted by Crippen LogP contribution is -2.05. The first-order chi connectivity index (χ1) is 12.2. The number of benzene rings is 1. The molecule has 0 spiro atoms. The van der Waals surface area contributed by atoms with Crippen molar-refractivity contribution in [2.24, 2.45) is 0 Å². The Labute approximate surface area is 165 Å². The van der Waals surface area contributed by atoms with Gasteiger partial charge in [-0.1, -0.05) is 12.1 Å². The van der Waals surface area contributed by atoms with Crippen LogP contribution in [-0.2, 0) is 6.54 Å². The number of fused-ring (bicyclic) bond motifs is 1. The standard InChI is InChI=1S/C16H12BrIN6O/c1-25-11-5-3-10(4-6-11)9-24-14(21-15(17)22-24)12-13(18)23-8-2-7-19-16(23)20-12/h2-8H,9H2,1H3.